The maximum absolute atomic E-state index is 2.33. The zero-order chi connectivity index (χ0) is 7.56. The average Bonchev–Trinajstić information content (AvgIpc) is 2.20. The van der Waals surface area contributed by atoms with Crippen molar-refractivity contribution >= 4 is 0 Å². The molecule has 3 heteroatoms. The van der Waals surface area contributed by atoms with Crippen molar-refractivity contribution in [3.05, 3.63) is 21.1 Å². The minimum absolute atomic E-state index is 0. The van der Waals surface area contributed by atoms with Gasteiger partial charge >= 0.3 is 74.6 Å². The quantitative estimate of drug-likeness (QED) is 0.450. The summed E-state index contributed by atoms with van der Waals surface area (Å²) in [5.41, 5.74) is 3.13. The van der Waals surface area contributed by atoms with E-state index in [1.807, 2.05) is 0 Å². The standard InChI is InChI=1S/C9H13.2ClH.Ti/c1-3-5-9-7-4-6-8(9)2;;;/h6H,3-5H2,1-2H3;2*1H;/q;;;+2/p-2. The Kier molecular flexibility index (Phi) is 9.16. The van der Waals surface area contributed by atoms with Crippen LogP contribution in [0.3, 0.4) is 0 Å². The first-order valence-electron chi connectivity index (χ1n) is 3.86. The third kappa shape index (κ3) is 3.66. The van der Waals surface area contributed by atoms with Gasteiger partial charge in [0.2, 0.25) is 0 Å². The maximum atomic E-state index is 2.33. The van der Waals surface area contributed by atoms with Crippen LogP contribution in [0.5, 0.6) is 0 Å². The number of rotatable bonds is 2. The van der Waals surface area contributed by atoms with Crippen LogP contribution in [0.2, 0.25) is 0 Å². The minimum atomic E-state index is 0. The molecule has 0 atom stereocenters. The zero-order valence-electron chi connectivity index (χ0n) is 7.45. The van der Waals surface area contributed by atoms with Gasteiger partial charge in [0.15, 0.2) is 0 Å². The topological polar surface area (TPSA) is 0 Å². The molecule has 0 spiro atoms. The molecule has 0 saturated carbocycles. The van der Waals surface area contributed by atoms with Crippen LogP contribution in [-0.2, 0) is 20.4 Å². The van der Waals surface area contributed by atoms with Gasteiger partial charge < -0.3 is 24.8 Å². The molecule has 0 radical (unpaired) electrons. The van der Waals surface area contributed by atoms with Crippen molar-refractivity contribution in [3.63, 3.8) is 0 Å². The molecule has 0 heterocycles. The van der Waals surface area contributed by atoms with Gasteiger partial charge in [-0.25, -0.2) is 0 Å². The first-order chi connectivity index (χ1) is 4.75. The van der Waals surface area contributed by atoms with Crippen molar-refractivity contribution in [2.24, 2.45) is 0 Å². The van der Waals surface area contributed by atoms with Crippen LogP contribution in [0.15, 0.2) is 21.1 Å². The van der Waals surface area contributed by atoms with E-state index >= 15 is 0 Å². The molecule has 0 amide bonds. The van der Waals surface area contributed by atoms with E-state index in [1.54, 1.807) is 9.45 Å². The van der Waals surface area contributed by atoms with E-state index in [9.17, 15) is 0 Å². The fourth-order valence-corrected chi connectivity index (χ4v) is 2.00. The number of hydrogen-bond acceptors (Lipinski definition) is 0. The smallest absolute Gasteiger partial charge is 1.00 e. The van der Waals surface area contributed by atoms with E-state index in [-0.39, 0.29) is 24.8 Å². The van der Waals surface area contributed by atoms with Gasteiger partial charge in [-0.2, -0.15) is 0 Å². The Hall–Kier alpha value is 0.774. The van der Waals surface area contributed by atoms with Gasteiger partial charge in [-0.3, -0.25) is 0 Å². The third-order valence-corrected chi connectivity index (χ3v) is 2.74. The van der Waals surface area contributed by atoms with E-state index in [0.29, 0.717) is 0 Å². The Labute approximate surface area is 99.1 Å². The average molecular weight is 240 g/mol. The summed E-state index contributed by atoms with van der Waals surface area (Å²) in [4.78, 5) is 0. The molecule has 0 fully saturated rings. The summed E-state index contributed by atoms with van der Waals surface area (Å²) >= 11 is 2.25. The van der Waals surface area contributed by atoms with E-state index in [2.05, 4.69) is 40.4 Å². The Bertz CT molecular complexity index is 195. The second-order valence-electron chi connectivity index (χ2n) is 2.80. The Morgan fingerprint density at radius 1 is 1.42 bits per heavy atom. The number of halogens is 2. The molecule has 0 aromatic carbocycles. The van der Waals surface area contributed by atoms with Crippen molar-refractivity contribution in [1.82, 2.24) is 0 Å². The molecule has 0 unspecified atom stereocenters. The molecule has 0 N–H and O–H groups in total. The summed E-state index contributed by atoms with van der Waals surface area (Å²) in [5, 5.41) is 0. The summed E-state index contributed by atoms with van der Waals surface area (Å²) in [7, 11) is 0. The third-order valence-electron chi connectivity index (χ3n) is 1.95. The number of hydrogen-bond donors (Lipinski definition) is 0. The maximum Gasteiger partial charge on any atom is -1.00 e. The van der Waals surface area contributed by atoms with Gasteiger partial charge in [0.05, 0.1) is 0 Å². The second kappa shape index (κ2) is 7.20. The monoisotopic (exact) mass is 239 g/mol. The molecule has 0 aromatic heterocycles. The molecular weight excluding hydrogens is 227 g/mol. The molecule has 67 valence electrons. The van der Waals surface area contributed by atoms with Crippen LogP contribution >= 0.6 is 0 Å². The Morgan fingerprint density at radius 3 is 2.33 bits per heavy atom. The van der Waals surface area contributed by atoms with Crippen molar-refractivity contribution in [3.8, 4) is 0 Å². The molecule has 1 aliphatic carbocycles. The summed E-state index contributed by atoms with van der Waals surface area (Å²) in [6, 6.07) is 0. The molecule has 1 rings (SSSR count). The Morgan fingerprint density at radius 2 is 2.00 bits per heavy atom. The minimum Gasteiger partial charge on any atom is -1.00 e. The van der Waals surface area contributed by atoms with Gasteiger partial charge in [-0.15, -0.1) is 0 Å². The van der Waals surface area contributed by atoms with Crippen LogP contribution in [0.1, 0.15) is 33.1 Å². The largest absolute Gasteiger partial charge is 1.00 e. The van der Waals surface area contributed by atoms with Gasteiger partial charge in [0, 0.05) is 0 Å². The van der Waals surface area contributed by atoms with E-state index < -0.39 is 0 Å². The van der Waals surface area contributed by atoms with E-state index in [1.165, 1.54) is 24.8 Å². The summed E-state index contributed by atoms with van der Waals surface area (Å²) in [6.07, 6.45) is 6.08. The normalized spacial score (nSPS) is 15.2. The SMILES string of the molecule is CCCC1=[C]([Ti+2])CC=C1C.[Cl-].[Cl-]. The predicted molar refractivity (Wildman–Crippen MR) is 40.3 cm³/mol. The fourth-order valence-electron chi connectivity index (χ4n) is 1.34. The summed E-state index contributed by atoms with van der Waals surface area (Å²) in [6.45, 7) is 4.47. The van der Waals surface area contributed by atoms with Crippen LogP contribution in [-0.4, -0.2) is 0 Å². The first kappa shape index (κ1) is 15.3. The first-order valence-corrected chi connectivity index (χ1v) is 4.64. The Balaban J connectivity index is 0. The second-order valence-corrected chi connectivity index (χ2v) is 3.74. The summed E-state index contributed by atoms with van der Waals surface area (Å²) < 4.78 is 1.58. The van der Waals surface area contributed by atoms with Crippen molar-refractivity contribution in [2.75, 3.05) is 0 Å². The molecule has 0 aliphatic heterocycles. The molecular formula is C9H13Cl2Ti. The van der Waals surface area contributed by atoms with Crippen LogP contribution in [0.25, 0.3) is 0 Å². The van der Waals surface area contributed by atoms with Gasteiger partial charge in [-0.1, -0.05) is 0 Å². The fraction of sp³-hybridized carbons (Fsp3) is 0.556. The van der Waals surface area contributed by atoms with Gasteiger partial charge in [0.25, 0.3) is 0 Å². The van der Waals surface area contributed by atoms with Crippen LogP contribution < -0.4 is 24.8 Å². The molecule has 0 saturated heterocycles. The number of allylic oxidation sites excluding steroid dienone is 4. The molecule has 0 nitrogen and oxygen atoms in total. The molecule has 0 aromatic rings. The van der Waals surface area contributed by atoms with Crippen LogP contribution in [0, 0.1) is 0 Å². The van der Waals surface area contributed by atoms with Gasteiger partial charge in [-0.05, 0) is 0 Å². The van der Waals surface area contributed by atoms with Crippen molar-refractivity contribution in [1.29, 1.82) is 0 Å². The molecule has 1 aliphatic rings. The van der Waals surface area contributed by atoms with Crippen molar-refractivity contribution in [2.45, 2.75) is 33.1 Å². The zero-order valence-corrected chi connectivity index (χ0v) is 10.5. The predicted octanol–water partition coefficient (Wildman–Crippen LogP) is -3.05. The van der Waals surface area contributed by atoms with Crippen molar-refractivity contribution < 1.29 is 45.2 Å². The van der Waals surface area contributed by atoms with Crippen LogP contribution in [0.4, 0.5) is 0 Å². The molecule has 0 bridgehead atoms. The summed E-state index contributed by atoms with van der Waals surface area (Å²) in [5.74, 6) is 0. The molecule has 12 heavy (non-hydrogen) atoms. The van der Waals surface area contributed by atoms with E-state index in [4.69, 9.17) is 0 Å². The van der Waals surface area contributed by atoms with E-state index in [0.717, 1.165) is 0 Å². The van der Waals surface area contributed by atoms with Gasteiger partial charge in [0.1, 0.15) is 0 Å².